The van der Waals surface area contributed by atoms with Crippen molar-refractivity contribution in [2.45, 2.75) is 13.8 Å². The van der Waals surface area contributed by atoms with E-state index in [0.717, 1.165) is 5.56 Å². The highest BCUT2D eigenvalue weighted by atomic mass is 19.1. The van der Waals surface area contributed by atoms with Crippen molar-refractivity contribution in [1.82, 2.24) is 5.32 Å². The minimum absolute atomic E-state index is 0.0661. The molecule has 0 spiro atoms. The van der Waals surface area contributed by atoms with E-state index < -0.39 is 17.8 Å². The maximum atomic E-state index is 13.3. The number of rotatable bonds is 4. The van der Waals surface area contributed by atoms with Crippen LogP contribution in [-0.4, -0.2) is 25.2 Å². The number of carbonyl (C=O) groups is 2. The summed E-state index contributed by atoms with van der Waals surface area (Å²) >= 11 is 0. The number of urea groups is 1. The van der Waals surface area contributed by atoms with Gasteiger partial charge in [0.05, 0.1) is 12.3 Å². The number of benzene rings is 1. The second kappa shape index (κ2) is 6.58. The van der Waals surface area contributed by atoms with Gasteiger partial charge >= 0.3 is 12.0 Å². The van der Waals surface area contributed by atoms with Gasteiger partial charge in [0.15, 0.2) is 0 Å². The third kappa shape index (κ3) is 4.40. The van der Waals surface area contributed by atoms with Crippen molar-refractivity contribution in [2.75, 3.05) is 18.5 Å². The van der Waals surface area contributed by atoms with Crippen LogP contribution in [0.4, 0.5) is 14.9 Å². The van der Waals surface area contributed by atoms with Crippen molar-refractivity contribution in [3.63, 3.8) is 0 Å². The third-order valence-electron chi connectivity index (χ3n) is 2.07. The number of hydrogen-bond acceptors (Lipinski definition) is 3. The first-order valence-electron chi connectivity index (χ1n) is 5.49. The van der Waals surface area contributed by atoms with Gasteiger partial charge in [-0.25, -0.2) is 9.18 Å². The SMILES string of the molecule is CCOC(=O)CNC(=O)Nc1cc(C)ccc1F. The fourth-order valence-corrected chi connectivity index (χ4v) is 1.27. The molecule has 18 heavy (non-hydrogen) atoms. The van der Waals surface area contributed by atoms with Gasteiger partial charge in [0.2, 0.25) is 0 Å². The van der Waals surface area contributed by atoms with E-state index >= 15 is 0 Å². The van der Waals surface area contributed by atoms with E-state index in [9.17, 15) is 14.0 Å². The van der Waals surface area contributed by atoms with Crippen molar-refractivity contribution < 1.29 is 18.7 Å². The Hall–Kier alpha value is -2.11. The van der Waals surface area contributed by atoms with Crippen LogP contribution in [-0.2, 0) is 9.53 Å². The van der Waals surface area contributed by atoms with Crippen LogP contribution < -0.4 is 10.6 Å². The predicted octanol–water partition coefficient (Wildman–Crippen LogP) is 1.82. The molecule has 6 heteroatoms. The molecule has 0 unspecified atom stereocenters. The molecular weight excluding hydrogens is 239 g/mol. The average Bonchev–Trinajstić information content (AvgIpc) is 2.32. The molecule has 0 radical (unpaired) electrons. The van der Waals surface area contributed by atoms with Crippen molar-refractivity contribution in [2.24, 2.45) is 0 Å². The Morgan fingerprint density at radius 2 is 2.11 bits per heavy atom. The number of halogens is 1. The average molecular weight is 254 g/mol. The summed E-state index contributed by atoms with van der Waals surface area (Å²) in [6, 6.07) is 3.69. The lowest BCUT2D eigenvalue weighted by atomic mass is 10.2. The second-order valence-corrected chi connectivity index (χ2v) is 3.60. The Balaban J connectivity index is 2.49. The molecule has 0 aliphatic heterocycles. The molecule has 1 aromatic carbocycles. The number of anilines is 1. The zero-order valence-corrected chi connectivity index (χ0v) is 10.2. The normalized spacial score (nSPS) is 9.72. The van der Waals surface area contributed by atoms with Crippen LogP contribution in [0.25, 0.3) is 0 Å². The van der Waals surface area contributed by atoms with Crippen LogP contribution >= 0.6 is 0 Å². The smallest absolute Gasteiger partial charge is 0.325 e. The highest BCUT2D eigenvalue weighted by Gasteiger charge is 2.08. The predicted molar refractivity (Wildman–Crippen MR) is 64.8 cm³/mol. The van der Waals surface area contributed by atoms with Gasteiger partial charge in [-0.15, -0.1) is 0 Å². The van der Waals surface area contributed by atoms with Crippen LogP contribution in [0.2, 0.25) is 0 Å². The Morgan fingerprint density at radius 3 is 2.78 bits per heavy atom. The molecule has 98 valence electrons. The molecule has 0 heterocycles. The molecule has 0 atom stereocenters. The molecule has 0 aliphatic rings. The van der Waals surface area contributed by atoms with Gasteiger partial charge in [-0.1, -0.05) is 6.07 Å². The molecule has 0 saturated heterocycles. The fraction of sp³-hybridized carbons (Fsp3) is 0.333. The van der Waals surface area contributed by atoms with E-state index in [1.165, 1.54) is 12.1 Å². The molecule has 0 aromatic heterocycles. The number of carbonyl (C=O) groups excluding carboxylic acids is 2. The van der Waals surface area contributed by atoms with Crippen LogP contribution in [0, 0.1) is 12.7 Å². The number of hydrogen-bond donors (Lipinski definition) is 2. The fourth-order valence-electron chi connectivity index (χ4n) is 1.27. The number of nitrogens with one attached hydrogen (secondary N) is 2. The molecule has 2 amide bonds. The minimum atomic E-state index is -0.660. The van der Waals surface area contributed by atoms with Crippen molar-refractivity contribution in [3.05, 3.63) is 29.6 Å². The van der Waals surface area contributed by atoms with Gasteiger partial charge in [0.1, 0.15) is 12.4 Å². The molecule has 0 bridgehead atoms. The Labute approximate surface area is 104 Å². The first-order chi connectivity index (χ1) is 8.52. The van der Waals surface area contributed by atoms with E-state index in [1.807, 2.05) is 0 Å². The Kier molecular flexibility index (Phi) is 5.10. The summed E-state index contributed by atoms with van der Waals surface area (Å²) in [4.78, 5) is 22.4. The Bertz CT molecular complexity index is 449. The van der Waals surface area contributed by atoms with Gasteiger partial charge in [-0.05, 0) is 31.5 Å². The largest absolute Gasteiger partial charge is 0.465 e. The van der Waals surface area contributed by atoms with Gasteiger partial charge in [0, 0.05) is 0 Å². The first-order valence-corrected chi connectivity index (χ1v) is 5.49. The number of amides is 2. The molecule has 5 nitrogen and oxygen atoms in total. The molecule has 0 fully saturated rings. The highest BCUT2D eigenvalue weighted by molar-refractivity contribution is 5.91. The summed E-state index contributed by atoms with van der Waals surface area (Å²) in [5.74, 6) is -1.08. The highest BCUT2D eigenvalue weighted by Crippen LogP contribution is 2.15. The Morgan fingerprint density at radius 1 is 1.39 bits per heavy atom. The minimum Gasteiger partial charge on any atom is -0.465 e. The zero-order valence-electron chi connectivity index (χ0n) is 10.2. The van der Waals surface area contributed by atoms with E-state index in [0.29, 0.717) is 0 Å². The van der Waals surface area contributed by atoms with Gasteiger partial charge in [-0.2, -0.15) is 0 Å². The lowest BCUT2D eigenvalue weighted by molar-refractivity contribution is -0.141. The van der Waals surface area contributed by atoms with Crippen LogP contribution in [0.5, 0.6) is 0 Å². The quantitative estimate of drug-likeness (QED) is 0.805. The van der Waals surface area contributed by atoms with Crippen molar-refractivity contribution in [3.8, 4) is 0 Å². The van der Waals surface area contributed by atoms with Crippen LogP contribution in [0.1, 0.15) is 12.5 Å². The first kappa shape index (κ1) is 14.0. The maximum Gasteiger partial charge on any atom is 0.325 e. The molecule has 2 N–H and O–H groups in total. The number of esters is 1. The molecule has 0 saturated carbocycles. The summed E-state index contributed by atoms with van der Waals surface area (Å²) in [5, 5.41) is 4.59. The summed E-state index contributed by atoms with van der Waals surface area (Å²) < 4.78 is 17.9. The number of aryl methyl sites for hydroxylation is 1. The molecular formula is C12H15FN2O3. The summed E-state index contributed by atoms with van der Waals surface area (Å²) in [7, 11) is 0. The van der Waals surface area contributed by atoms with Gasteiger partial charge in [0.25, 0.3) is 0 Å². The van der Waals surface area contributed by atoms with Crippen molar-refractivity contribution in [1.29, 1.82) is 0 Å². The van der Waals surface area contributed by atoms with Crippen molar-refractivity contribution >= 4 is 17.7 Å². The lowest BCUT2D eigenvalue weighted by Crippen LogP contribution is -2.34. The van der Waals surface area contributed by atoms with Crippen LogP contribution in [0.15, 0.2) is 18.2 Å². The second-order valence-electron chi connectivity index (χ2n) is 3.60. The molecule has 1 aromatic rings. The summed E-state index contributed by atoms with van der Waals surface area (Å²) in [5.41, 5.74) is 0.883. The summed E-state index contributed by atoms with van der Waals surface area (Å²) in [6.45, 7) is 3.43. The molecule has 0 aliphatic carbocycles. The van der Waals surface area contributed by atoms with E-state index in [1.54, 1.807) is 19.9 Å². The van der Waals surface area contributed by atoms with E-state index in [4.69, 9.17) is 0 Å². The van der Waals surface area contributed by atoms with E-state index in [2.05, 4.69) is 15.4 Å². The van der Waals surface area contributed by atoms with Gasteiger partial charge < -0.3 is 15.4 Å². The standard InChI is InChI=1S/C12H15FN2O3/c1-3-18-11(16)7-14-12(17)15-10-6-8(2)4-5-9(10)13/h4-6H,3,7H2,1-2H3,(H2,14,15,17). The molecule has 1 rings (SSSR count). The topological polar surface area (TPSA) is 67.4 Å². The van der Waals surface area contributed by atoms with Crippen LogP contribution in [0.3, 0.4) is 0 Å². The summed E-state index contributed by atoms with van der Waals surface area (Å²) in [6.07, 6.45) is 0. The monoisotopic (exact) mass is 254 g/mol. The maximum absolute atomic E-state index is 13.3. The van der Waals surface area contributed by atoms with Gasteiger partial charge in [-0.3, -0.25) is 4.79 Å². The van der Waals surface area contributed by atoms with E-state index in [-0.39, 0.29) is 18.8 Å². The zero-order chi connectivity index (χ0) is 13.5. The third-order valence-corrected chi connectivity index (χ3v) is 2.07. The lowest BCUT2D eigenvalue weighted by Gasteiger charge is -2.08. The number of ether oxygens (including phenoxy) is 1.